The zero-order valence-corrected chi connectivity index (χ0v) is 13.0. The average molecular weight is 324 g/mol. The van der Waals surface area contributed by atoms with E-state index in [2.05, 4.69) is 10.00 Å². The van der Waals surface area contributed by atoms with E-state index in [1.54, 1.807) is 18.3 Å². The van der Waals surface area contributed by atoms with Gasteiger partial charge in [-0.05, 0) is 30.5 Å². The first-order valence-corrected chi connectivity index (χ1v) is 7.85. The number of aromatic nitrogens is 2. The molecule has 1 fully saturated rings. The van der Waals surface area contributed by atoms with Crippen molar-refractivity contribution >= 4 is 11.6 Å². The molecule has 0 bridgehead atoms. The fraction of sp³-hybridized carbons (Fsp3) is 0.438. The van der Waals surface area contributed by atoms with Crippen molar-refractivity contribution in [1.82, 2.24) is 14.7 Å². The molecule has 1 N–H and O–H groups in total. The summed E-state index contributed by atoms with van der Waals surface area (Å²) in [5.41, 5.74) is 0.752. The van der Waals surface area contributed by atoms with Crippen molar-refractivity contribution in [2.45, 2.75) is 25.0 Å². The summed E-state index contributed by atoms with van der Waals surface area (Å²) in [5, 5.41) is 15.2. The van der Waals surface area contributed by atoms with Crippen molar-refractivity contribution in [2.24, 2.45) is 0 Å². The number of likely N-dealkylation sites (tertiary alicyclic amines) is 1. The molecule has 1 unspecified atom stereocenters. The molecule has 0 aliphatic carbocycles. The van der Waals surface area contributed by atoms with Crippen LogP contribution in [0.1, 0.15) is 30.6 Å². The number of benzene rings is 1. The predicted molar refractivity (Wildman–Crippen MR) is 83.3 cm³/mol. The lowest BCUT2D eigenvalue weighted by atomic mass is 10.0. The van der Waals surface area contributed by atoms with Crippen LogP contribution in [0.3, 0.4) is 0 Å². The normalized spacial score (nSPS) is 18.5. The second kappa shape index (κ2) is 6.77. The molecule has 1 atom stereocenters. The van der Waals surface area contributed by atoms with E-state index in [4.69, 9.17) is 11.6 Å². The van der Waals surface area contributed by atoms with Crippen molar-refractivity contribution in [3.05, 3.63) is 53.1 Å². The van der Waals surface area contributed by atoms with Crippen LogP contribution in [0.4, 0.5) is 4.39 Å². The minimum atomic E-state index is -0.587. The molecule has 1 saturated heterocycles. The number of halogens is 2. The van der Waals surface area contributed by atoms with E-state index in [9.17, 15) is 9.50 Å². The summed E-state index contributed by atoms with van der Waals surface area (Å²) in [6.07, 6.45) is 4.89. The maximum atomic E-state index is 12.9. The van der Waals surface area contributed by atoms with Crippen LogP contribution in [0.25, 0.3) is 0 Å². The number of piperidine rings is 1. The Bertz CT molecular complexity index is 608. The summed E-state index contributed by atoms with van der Waals surface area (Å²) in [7, 11) is 0. The molecule has 1 aromatic carbocycles. The Kier molecular flexibility index (Phi) is 4.76. The topological polar surface area (TPSA) is 41.3 Å². The van der Waals surface area contributed by atoms with Crippen LogP contribution >= 0.6 is 11.6 Å². The van der Waals surface area contributed by atoms with Crippen LogP contribution in [-0.2, 0) is 0 Å². The molecule has 1 aliphatic rings. The summed E-state index contributed by atoms with van der Waals surface area (Å²) < 4.78 is 14.8. The number of hydrogen-bond acceptors (Lipinski definition) is 3. The van der Waals surface area contributed by atoms with E-state index in [1.807, 2.05) is 10.9 Å². The number of hydrogen-bond donors (Lipinski definition) is 1. The molecule has 1 aliphatic heterocycles. The van der Waals surface area contributed by atoms with Gasteiger partial charge in [0, 0.05) is 25.8 Å². The Labute approximate surface area is 134 Å². The highest BCUT2D eigenvalue weighted by atomic mass is 35.5. The molecule has 2 heterocycles. The van der Waals surface area contributed by atoms with Gasteiger partial charge in [0.15, 0.2) is 0 Å². The molecule has 0 saturated carbocycles. The third-order valence-corrected chi connectivity index (χ3v) is 4.38. The van der Waals surface area contributed by atoms with Crippen molar-refractivity contribution < 1.29 is 9.50 Å². The third kappa shape index (κ3) is 3.66. The Morgan fingerprint density at radius 3 is 2.55 bits per heavy atom. The van der Waals surface area contributed by atoms with Crippen LogP contribution in [0.5, 0.6) is 0 Å². The second-order valence-electron chi connectivity index (χ2n) is 5.74. The van der Waals surface area contributed by atoms with E-state index in [1.165, 1.54) is 12.1 Å². The Balaban J connectivity index is 1.52. The Morgan fingerprint density at radius 1 is 1.27 bits per heavy atom. The Hall–Kier alpha value is -1.43. The maximum absolute atomic E-state index is 12.9. The molecule has 0 spiro atoms. The summed E-state index contributed by atoms with van der Waals surface area (Å²) in [6.45, 7) is 2.37. The van der Waals surface area contributed by atoms with Gasteiger partial charge in [0.1, 0.15) is 5.82 Å². The molecule has 118 valence electrons. The summed E-state index contributed by atoms with van der Waals surface area (Å²) in [5.74, 6) is -0.283. The largest absolute Gasteiger partial charge is 0.387 e. The number of rotatable bonds is 4. The quantitative estimate of drug-likeness (QED) is 0.940. The van der Waals surface area contributed by atoms with Crippen molar-refractivity contribution in [3.63, 3.8) is 0 Å². The molecular formula is C16H19ClFN3O. The van der Waals surface area contributed by atoms with Gasteiger partial charge in [0.25, 0.3) is 0 Å². The first-order chi connectivity index (χ1) is 10.6. The second-order valence-corrected chi connectivity index (χ2v) is 6.17. The van der Waals surface area contributed by atoms with Gasteiger partial charge in [-0.3, -0.25) is 4.68 Å². The first kappa shape index (κ1) is 15.5. The van der Waals surface area contributed by atoms with E-state index in [0.29, 0.717) is 17.6 Å². The molecule has 6 heteroatoms. The lowest BCUT2D eigenvalue weighted by Gasteiger charge is -2.33. The van der Waals surface area contributed by atoms with Gasteiger partial charge in [0.2, 0.25) is 0 Å². The number of aliphatic hydroxyl groups is 1. The zero-order chi connectivity index (χ0) is 15.5. The van der Waals surface area contributed by atoms with Gasteiger partial charge in [0.05, 0.1) is 23.4 Å². The number of aliphatic hydroxyl groups excluding tert-OH is 1. The standard InChI is InChI=1S/C16H19ClFN3O/c17-13-9-19-21(10-13)15-5-7-20(8-6-15)11-16(22)12-1-3-14(18)4-2-12/h1-4,9-10,15-16,22H,5-8,11H2. The molecule has 1 aromatic heterocycles. The molecule has 3 rings (SSSR count). The summed E-state index contributed by atoms with van der Waals surface area (Å²) >= 11 is 5.90. The van der Waals surface area contributed by atoms with Gasteiger partial charge in [-0.15, -0.1) is 0 Å². The summed E-state index contributed by atoms with van der Waals surface area (Å²) in [6, 6.07) is 6.40. The van der Waals surface area contributed by atoms with E-state index >= 15 is 0 Å². The van der Waals surface area contributed by atoms with Crippen LogP contribution in [0.15, 0.2) is 36.7 Å². The maximum Gasteiger partial charge on any atom is 0.123 e. The molecule has 4 nitrogen and oxygen atoms in total. The minimum absolute atomic E-state index is 0.283. The number of β-amino-alcohol motifs (C(OH)–C–C–N with tert-alkyl or cyclic N) is 1. The molecular weight excluding hydrogens is 305 g/mol. The lowest BCUT2D eigenvalue weighted by Crippen LogP contribution is -2.37. The SMILES string of the molecule is OC(CN1CCC(n2cc(Cl)cn2)CC1)c1ccc(F)cc1. The van der Waals surface area contributed by atoms with Crippen LogP contribution in [0.2, 0.25) is 5.02 Å². The molecule has 2 aromatic rings. The van der Waals surface area contributed by atoms with E-state index in [0.717, 1.165) is 31.5 Å². The van der Waals surface area contributed by atoms with Crippen molar-refractivity contribution in [3.8, 4) is 0 Å². The molecule has 0 amide bonds. The minimum Gasteiger partial charge on any atom is -0.387 e. The zero-order valence-electron chi connectivity index (χ0n) is 12.2. The van der Waals surface area contributed by atoms with Gasteiger partial charge in [-0.1, -0.05) is 23.7 Å². The third-order valence-electron chi connectivity index (χ3n) is 4.19. The van der Waals surface area contributed by atoms with Crippen LogP contribution in [-0.4, -0.2) is 39.4 Å². The highest BCUT2D eigenvalue weighted by Gasteiger charge is 2.23. The highest BCUT2D eigenvalue weighted by Crippen LogP contribution is 2.25. The Morgan fingerprint density at radius 2 is 1.95 bits per heavy atom. The van der Waals surface area contributed by atoms with Gasteiger partial charge < -0.3 is 10.0 Å². The fourth-order valence-electron chi connectivity index (χ4n) is 2.92. The van der Waals surface area contributed by atoms with Crippen molar-refractivity contribution in [2.75, 3.05) is 19.6 Å². The smallest absolute Gasteiger partial charge is 0.123 e. The van der Waals surface area contributed by atoms with Gasteiger partial charge >= 0.3 is 0 Å². The fourth-order valence-corrected chi connectivity index (χ4v) is 3.06. The van der Waals surface area contributed by atoms with Gasteiger partial charge in [-0.2, -0.15) is 5.10 Å². The van der Waals surface area contributed by atoms with Crippen LogP contribution in [0, 0.1) is 5.82 Å². The lowest BCUT2D eigenvalue weighted by molar-refractivity contribution is 0.0889. The molecule has 22 heavy (non-hydrogen) atoms. The first-order valence-electron chi connectivity index (χ1n) is 7.47. The number of nitrogens with zero attached hydrogens (tertiary/aromatic N) is 3. The van der Waals surface area contributed by atoms with Crippen LogP contribution < -0.4 is 0 Å². The van der Waals surface area contributed by atoms with E-state index in [-0.39, 0.29) is 5.82 Å². The van der Waals surface area contributed by atoms with Gasteiger partial charge in [-0.25, -0.2) is 4.39 Å². The van der Waals surface area contributed by atoms with E-state index < -0.39 is 6.10 Å². The predicted octanol–water partition coefficient (Wildman–Crippen LogP) is 3.05. The van der Waals surface area contributed by atoms with Crippen molar-refractivity contribution in [1.29, 1.82) is 0 Å². The average Bonchev–Trinajstić information content (AvgIpc) is 2.95. The summed E-state index contributed by atoms with van der Waals surface area (Å²) in [4.78, 5) is 2.23. The monoisotopic (exact) mass is 323 g/mol. The highest BCUT2D eigenvalue weighted by molar-refractivity contribution is 6.30. The molecule has 0 radical (unpaired) electrons.